The summed E-state index contributed by atoms with van der Waals surface area (Å²) in [6.45, 7) is 17.8. The predicted octanol–water partition coefficient (Wildman–Crippen LogP) is 4.15. The number of aryl methyl sites for hydroxylation is 2. The van der Waals surface area contributed by atoms with Crippen LogP contribution in [-0.2, 0) is 9.31 Å². The number of hydrogen-bond donors (Lipinski definition) is 1. The molecule has 0 atom stereocenters. The molecule has 1 saturated heterocycles. The molecule has 0 aliphatic carbocycles. The Kier molecular flexibility index (Phi) is 5.34. The molecule has 1 aliphatic rings. The lowest BCUT2D eigenvalue weighted by Gasteiger charge is -2.32. The Hall–Kier alpha value is -1.10. The van der Waals surface area contributed by atoms with Gasteiger partial charge in [0, 0.05) is 6.54 Å². The second-order valence-corrected chi connectivity index (χ2v) is 8.01. The molecule has 3 nitrogen and oxygen atoms in total. The second kappa shape index (κ2) is 6.66. The van der Waals surface area contributed by atoms with Gasteiger partial charge in [0.05, 0.1) is 11.2 Å². The van der Waals surface area contributed by atoms with E-state index >= 15 is 0 Å². The minimum Gasteiger partial charge on any atom is -0.400 e. The lowest BCUT2D eigenvalue weighted by Crippen LogP contribution is -2.41. The van der Waals surface area contributed by atoms with Gasteiger partial charge in [0.15, 0.2) is 0 Å². The van der Waals surface area contributed by atoms with Crippen LogP contribution >= 0.6 is 0 Å². The highest BCUT2D eigenvalue weighted by molar-refractivity contribution is 6.56. The Morgan fingerprint density at radius 3 is 1.88 bits per heavy atom. The number of rotatable bonds is 4. The Morgan fingerprint density at radius 1 is 1.00 bits per heavy atom. The molecule has 1 aromatic carbocycles. The lowest BCUT2D eigenvalue weighted by atomic mass is 9.76. The molecule has 0 aromatic heterocycles. The van der Waals surface area contributed by atoms with Crippen molar-refractivity contribution in [3.05, 3.63) is 39.4 Å². The normalized spacial score (nSPS) is 19.9. The molecule has 24 heavy (non-hydrogen) atoms. The summed E-state index contributed by atoms with van der Waals surface area (Å²) in [6.07, 6.45) is 2.25. The van der Waals surface area contributed by atoms with Crippen LogP contribution in [0.4, 0.5) is 0 Å². The summed E-state index contributed by atoms with van der Waals surface area (Å²) in [4.78, 5) is 0. The van der Waals surface area contributed by atoms with Gasteiger partial charge in [-0.3, -0.25) is 0 Å². The Labute approximate surface area is 148 Å². The molecule has 132 valence electrons. The minimum absolute atomic E-state index is 0.318. The maximum atomic E-state index is 6.26. The summed E-state index contributed by atoms with van der Waals surface area (Å²) < 4.78 is 12.5. The molecule has 1 N–H and O–H groups in total. The summed E-state index contributed by atoms with van der Waals surface area (Å²) in [5.74, 6) is 0. The van der Waals surface area contributed by atoms with Crippen LogP contribution in [0.25, 0.3) is 6.08 Å². The van der Waals surface area contributed by atoms with Crippen LogP contribution in [0.1, 0.15) is 55.5 Å². The van der Waals surface area contributed by atoms with E-state index in [-0.39, 0.29) is 18.3 Å². The van der Waals surface area contributed by atoms with Crippen LogP contribution in [0, 0.1) is 27.7 Å². The zero-order chi connectivity index (χ0) is 18.3. The van der Waals surface area contributed by atoms with E-state index in [4.69, 9.17) is 9.31 Å². The lowest BCUT2D eigenvalue weighted by molar-refractivity contribution is 0.00578. The van der Waals surface area contributed by atoms with Gasteiger partial charge in [-0.05, 0) is 95.7 Å². The predicted molar refractivity (Wildman–Crippen MR) is 103 cm³/mol. The molecule has 1 fully saturated rings. The van der Waals surface area contributed by atoms with Crippen LogP contribution in [0.5, 0.6) is 0 Å². The summed E-state index contributed by atoms with van der Waals surface area (Å²) in [6, 6.07) is 2.26. The third-order valence-electron chi connectivity index (χ3n) is 5.69. The van der Waals surface area contributed by atoms with Gasteiger partial charge in [-0.25, -0.2) is 0 Å². The molecule has 1 aromatic rings. The monoisotopic (exact) mass is 329 g/mol. The molecule has 4 heteroatoms. The van der Waals surface area contributed by atoms with Gasteiger partial charge in [-0.1, -0.05) is 12.1 Å². The van der Waals surface area contributed by atoms with E-state index < -0.39 is 0 Å². The summed E-state index contributed by atoms with van der Waals surface area (Å²) >= 11 is 0. The van der Waals surface area contributed by atoms with Crippen LogP contribution in [0.3, 0.4) is 0 Å². The molecular formula is C20H32BNO2. The van der Waals surface area contributed by atoms with Crippen molar-refractivity contribution >= 4 is 13.2 Å². The van der Waals surface area contributed by atoms with Crippen molar-refractivity contribution < 1.29 is 9.31 Å². The zero-order valence-corrected chi connectivity index (χ0v) is 16.8. The standard InChI is InChI=1S/C20H32BNO2/c1-13-10-14(2)16(4)18(15(13)3)11-17(12-22-9)21-23-19(5,6)20(7,8)24-21/h10-11,22H,12H2,1-9H3. The van der Waals surface area contributed by atoms with Gasteiger partial charge in [0.1, 0.15) is 0 Å². The Balaban J connectivity index is 2.49. The first kappa shape index (κ1) is 19.2. The highest BCUT2D eigenvalue weighted by Gasteiger charge is 2.52. The van der Waals surface area contributed by atoms with Crippen molar-refractivity contribution in [2.45, 2.75) is 66.6 Å². The van der Waals surface area contributed by atoms with Gasteiger partial charge in [-0.15, -0.1) is 0 Å². The van der Waals surface area contributed by atoms with Gasteiger partial charge >= 0.3 is 7.12 Å². The Morgan fingerprint density at radius 2 is 1.46 bits per heavy atom. The number of hydrogen-bond acceptors (Lipinski definition) is 3. The fourth-order valence-electron chi connectivity index (χ4n) is 3.05. The van der Waals surface area contributed by atoms with E-state index in [0.29, 0.717) is 0 Å². The van der Waals surface area contributed by atoms with Crippen molar-refractivity contribution in [2.24, 2.45) is 0 Å². The summed E-state index contributed by atoms with van der Waals surface area (Å²) in [7, 11) is 1.64. The number of nitrogens with one attached hydrogen (secondary N) is 1. The van der Waals surface area contributed by atoms with Crippen LogP contribution < -0.4 is 5.32 Å². The van der Waals surface area contributed by atoms with Gasteiger partial charge in [0.25, 0.3) is 0 Å². The zero-order valence-electron chi connectivity index (χ0n) is 16.8. The fourth-order valence-corrected chi connectivity index (χ4v) is 3.05. The fraction of sp³-hybridized carbons (Fsp3) is 0.600. The van der Waals surface area contributed by atoms with Gasteiger partial charge in [-0.2, -0.15) is 0 Å². The third-order valence-corrected chi connectivity index (χ3v) is 5.69. The van der Waals surface area contributed by atoms with E-state index in [1.54, 1.807) is 0 Å². The molecule has 0 bridgehead atoms. The number of likely N-dealkylation sites (N-methyl/N-ethyl adjacent to an activating group) is 1. The van der Waals surface area contributed by atoms with E-state index in [0.717, 1.165) is 12.0 Å². The molecule has 0 unspecified atom stereocenters. The van der Waals surface area contributed by atoms with Gasteiger partial charge in [0.2, 0.25) is 0 Å². The van der Waals surface area contributed by atoms with E-state index in [9.17, 15) is 0 Å². The van der Waals surface area contributed by atoms with E-state index in [1.165, 1.54) is 27.8 Å². The minimum atomic E-state index is -0.322. The first-order valence-corrected chi connectivity index (χ1v) is 8.78. The maximum absolute atomic E-state index is 6.26. The van der Waals surface area contributed by atoms with Crippen LogP contribution in [-0.4, -0.2) is 31.9 Å². The first-order chi connectivity index (χ1) is 11.0. The molecule has 2 rings (SSSR count). The summed E-state index contributed by atoms with van der Waals surface area (Å²) in [5, 5.41) is 3.26. The SMILES string of the molecule is CNCC(=Cc1c(C)c(C)cc(C)c1C)B1OC(C)(C)C(C)(C)O1. The van der Waals surface area contributed by atoms with Crippen molar-refractivity contribution in [1.82, 2.24) is 5.32 Å². The van der Waals surface area contributed by atoms with Crippen molar-refractivity contribution in [3.8, 4) is 0 Å². The smallest absolute Gasteiger partial charge is 0.400 e. The highest BCUT2D eigenvalue weighted by Crippen LogP contribution is 2.39. The van der Waals surface area contributed by atoms with Crippen molar-refractivity contribution in [2.75, 3.05) is 13.6 Å². The molecular weight excluding hydrogens is 297 g/mol. The molecule has 1 heterocycles. The summed E-state index contributed by atoms with van der Waals surface area (Å²) in [5.41, 5.74) is 7.06. The van der Waals surface area contributed by atoms with Crippen molar-refractivity contribution in [3.63, 3.8) is 0 Å². The van der Waals surface area contributed by atoms with E-state index in [1.807, 2.05) is 7.05 Å². The average Bonchev–Trinajstić information content (AvgIpc) is 2.68. The van der Waals surface area contributed by atoms with E-state index in [2.05, 4.69) is 72.8 Å². The molecule has 0 radical (unpaired) electrons. The van der Waals surface area contributed by atoms with Crippen molar-refractivity contribution in [1.29, 1.82) is 0 Å². The third kappa shape index (κ3) is 3.46. The molecule has 0 amide bonds. The average molecular weight is 329 g/mol. The first-order valence-electron chi connectivity index (χ1n) is 8.78. The quantitative estimate of drug-likeness (QED) is 0.842. The largest absolute Gasteiger partial charge is 0.491 e. The molecule has 0 saturated carbocycles. The Bertz CT molecular complexity index is 620. The topological polar surface area (TPSA) is 30.5 Å². The van der Waals surface area contributed by atoms with Gasteiger partial charge < -0.3 is 14.6 Å². The highest BCUT2D eigenvalue weighted by atomic mass is 16.7. The van der Waals surface area contributed by atoms with Crippen LogP contribution in [0.2, 0.25) is 0 Å². The van der Waals surface area contributed by atoms with Crippen LogP contribution in [0.15, 0.2) is 11.5 Å². The molecule has 1 aliphatic heterocycles. The second-order valence-electron chi connectivity index (χ2n) is 8.01. The number of benzene rings is 1. The maximum Gasteiger partial charge on any atom is 0.491 e. The molecule has 0 spiro atoms.